The number of nitrogens with zero attached hydrogens (tertiary/aromatic N) is 1. The summed E-state index contributed by atoms with van der Waals surface area (Å²) in [5.41, 5.74) is 0. The SMILES string of the molecule is CCN(C)S(=O)(=O)c1ccsc1CNC. The van der Waals surface area contributed by atoms with Crippen molar-refractivity contribution in [3.8, 4) is 0 Å². The lowest BCUT2D eigenvalue weighted by molar-refractivity contribution is 0.485. The Labute approximate surface area is 95.0 Å². The third-order valence-corrected chi connectivity index (χ3v) is 5.24. The Hall–Kier alpha value is -0.430. The van der Waals surface area contributed by atoms with E-state index in [-0.39, 0.29) is 0 Å². The van der Waals surface area contributed by atoms with Crippen LogP contribution < -0.4 is 5.32 Å². The van der Waals surface area contributed by atoms with Gasteiger partial charge in [0.2, 0.25) is 10.0 Å². The second kappa shape index (κ2) is 5.07. The predicted octanol–water partition coefficient (Wildman–Crippen LogP) is 1.11. The lowest BCUT2D eigenvalue weighted by Gasteiger charge is -2.14. The molecule has 0 amide bonds. The van der Waals surface area contributed by atoms with Crippen molar-refractivity contribution in [2.24, 2.45) is 0 Å². The van der Waals surface area contributed by atoms with Crippen molar-refractivity contribution in [2.45, 2.75) is 18.4 Å². The van der Waals surface area contributed by atoms with Crippen LogP contribution in [0, 0.1) is 0 Å². The maximum atomic E-state index is 12.0. The summed E-state index contributed by atoms with van der Waals surface area (Å²) in [5, 5.41) is 4.78. The monoisotopic (exact) mass is 248 g/mol. The molecule has 0 fully saturated rings. The summed E-state index contributed by atoms with van der Waals surface area (Å²) in [6, 6.07) is 1.67. The van der Waals surface area contributed by atoms with E-state index in [2.05, 4.69) is 5.32 Å². The summed E-state index contributed by atoms with van der Waals surface area (Å²) in [6.45, 7) is 2.89. The van der Waals surface area contributed by atoms with E-state index in [9.17, 15) is 8.42 Å². The zero-order valence-corrected chi connectivity index (χ0v) is 10.8. The van der Waals surface area contributed by atoms with Gasteiger partial charge in [0.25, 0.3) is 0 Å². The van der Waals surface area contributed by atoms with E-state index in [1.165, 1.54) is 15.6 Å². The summed E-state index contributed by atoms with van der Waals surface area (Å²) in [6.07, 6.45) is 0. The Balaban J connectivity index is 3.10. The summed E-state index contributed by atoms with van der Waals surface area (Å²) < 4.78 is 25.4. The van der Waals surface area contributed by atoms with Gasteiger partial charge >= 0.3 is 0 Å². The quantitative estimate of drug-likeness (QED) is 0.849. The molecule has 6 heteroatoms. The molecular weight excluding hydrogens is 232 g/mol. The Morgan fingerprint density at radius 2 is 2.20 bits per heavy atom. The fourth-order valence-electron chi connectivity index (χ4n) is 1.19. The third kappa shape index (κ3) is 2.57. The van der Waals surface area contributed by atoms with Crippen molar-refractivity contribution >= 4 is 21.4 Å². The average molecular weight is 248 g/mol. The minimum atomic E-state index is -3.29. The molecule has 0 spiro atoms. The van der Waals surface area contributed by atoms with E-state index < -0.39 is 10.0 Å². The molecule has 0 unspecified atom stereocenters. The van der Waals surface area contributed by atoms with Gasteiger partial charge in [-0.05, 0) is 18.5 Å². The van der Waals surface area contributed by atoms with Gasteiger partial charge in [-0.1, -0.05) is 6.92 Å². The molecule has 0 aliphatic heterocycles. The van der Waals surface area contributed by atoms with Crippen LogP contribution in [0.1, 0.15) is 11.8 Å². The molecule has 0 radical (unpaired) electrons. The average Bonchev–Trinajstić information content (AvgIpc) is 2.66. The molecule has 86 valence electrons. The second-order valence-corrected chi connectivity index (χ2v) is 6.17. The fraction of sp³-hybridized carbons (Fsp3) is 0.556. The molecule has 1 N–H and O–H groups in total. The Bertz CT molecular complexity index is 412. The van der Waals surface area contributed by atoms with Crippen molar-refractivity contribution in [1.82, 2.24) is 9.62 Å². The highest BCUT2D eigenvalue weighted by molar-refractivity contribution is 7.89. The minimum absolute atomic E-state index is 0.422. The summed E-state index contributed by atoms with van der Waals surface area (Å²) in [5.74, 6) is 0. The first-order chi connectivity index (χ1) is 7.04. The highest BCUT2D eigenvalue weighted by atomic mass is 32.2. The van der Waals surface area contributed by atoms with Gasteiger partial charge in [-0.3, -0.25) is 0 Å². The van der Waals surface area contributed by atoms with Crippen molar-refractivity contribution in [2.75, 3.05) is 20.6 Å². The second-order valence-electron chi connectivity index (χ2n) is 3.16. The van der Waals surface area contributed by atoms with Crippen LogP contribution >= 0.6 is 11.3 Å². The van der Waals surface area contributed by atoms with Crippen molar-refractivity contribution < 1.29 is 8.42 Å². The number of thiophene rings is 1. The largest absolute Gasteiger partial charge is 0.315 e. The molecule has 0 bridgehead atoms. The van der Waals surface area contributed by atoms with Gasteiger partial charge in [0.05, 0.1) is 4.90 Å². The first kappa shape index (κ1) is 12.6. The molecule has 1 heterocycles. The van der Waals surface area contributed by atoms with Crippen LogP contribution in [-0.2, 0) is 16.6 Å². The molecule has 0 atom stereocenters. The van der Waals surface area contributed by atoms with Crippen LogP contribution in [-0.4, -0.2) is 33.4 Å². The van der Waals surface area contributed by atoms with Crippen LogP contribution in [0.15, 0.2) is 16.3 Å². The van der Waals surface area contributed by atoms with Gasteiger partial charge in [-0.25, -0.2) is 12.7 Å². The highest BCUT2D eigenvalue weighted by Gasteiger charge is 2.23. The Kier molecular flexibility index (Phi) is 4.27. The van der Waals surface area contributed by atoms with Gasteiger partial charge < -0.3 is 5.32 Å². The Morgan fingerprint density at radius 1 is 1.53 bits per heavy atom. The smallest absolute Gasteiger partial charge is 0.243 e. The molecule has 1 aromatic rings. The van der Waals surface area contributed by atoms with Crippen LogP contribution in [0.5, 0.6) is 0 Å². The van der Waals surface area contributed by atoms with Crippen LogP contribution in [0.25, 0.3) is 0 Å². The zero-order chi connectivity index (χ0) is 11.5. The zero-order valence-electron chi connectivity index (χ0n) is 9.15. The maximum Gasteiger partial charge on any atom is 0.243 e. The fourth-order valence-corrected chi connectivity index (χ4v) is 3.79. The van der Waals surface area contributed by atoms with Crippen LogP contribution in [0.2, 0.25) is 0 Å². The molecule has 4 nitrogen and oxygen atoms in total. The first-order valence-corrected chi connectivity index (χ1v) is 7.03. The van der Waals surface area contributed by atoms with E-state index in [4.69, 9.17) is 0 Å². The van der Waals surface area contributed by atoms with E-state index in [0.717, 1.165) is 4.88 Å². The van der Waals surface area contributed by atoms with Crippen molar-refractivity contribution in [3.05, 3.63) is 16.3 Å². The van der Waals surface area contributed by atoms with Gasteiger partial charge in [-0.15, -0.1) is 11.3 Å². The van der Waals surface area contributed by atoms with E-state index in [1.54, 1.807) is 20.2 Å². The molecular formula is C9H16N2O2S2. The van der Waals surface area contributed by atoms with Gasteiger partial charge in [-0.2, -0.15) is 0 Å². The molecule has 1 aromatic heterocycles. The van der Waals surface area contributed by atoms with Crippen molar-refractivity contribution in [1.29, 1.82) is 0 Å². The minimum Gasteiger partial charge on any atom is -0.315 e. The normalized spacial score (nSPS) is 12.3. The lowest BCUT2D eigenvalue weighted by atomic mass is 10.5. The van der Waals surface area contributed by atoms with Gasteiger partial charge in [0.15, 0.2) is 0 Å². The maximum absolute atomic E-state index is 12.0. The number of hydrogen-bond donors (Lipinski definition) is 1. The van der Waals surface area contributed by atoms with Gasteiger partial charge in [0, 0.05) is 25.0 Å². The molecule has 0 aliphatic rings. The molecule has 15 heavy (non-hydrogen) atoms. The van der Waals surface area contributed by atoms with Crippen LogP contribution in [0.4, 0.5) is 0 Å². The standard InChI is InChI=1S/C9H16N2O2S2/c1-4-11(3)15(12,13)9-5-6-14-8(9)7-10-2/h5-6,10H,4,7H2,1-3H3. The summed E-state index contributed by atoms with van der Waals surface area (Å²) in [4.78, 5) is 1.28. The van der Waals surface area contributed by atoms with Crippen molar-refractivity contribution in [3.63, 3.8) is 0 Å². The molecule has 0 aromatic carbocycles. The Morgan fingerprint density at radius 3 is 2.73 bits per heavy atom. The molecule has 1 rings (SSSR count). The van der Waals surface area contributed by atoms with E-state index >= 15 is 0 Å². The number of nitrogens with one attached hydrogen (secondary N) is 1. The predicted molar refractivity (Wildman–Crippen MR) is 62.6 cm³/mol. The molecule has 0 aliphatic carbocycles. The third-order valence-electron chi connectivity index (χ3n) is 2.18. The summed E-state index contributed by atoms with van der Waals surface area (Å²) in [7, 11) is 0.104. The van der Waals surface area contributed by atoms with E-state index in [1.807, 2.05) is 12.3 Å². The van der Waals surface area contributed by atoms with Gasteiger partial charge in [0.1, 0.15) is 0 Å². The number of hydrogen-bond acceptors (Lipinski definition) is 4. The number of rotatable bonds is 5. The number of sulfonamides is 1. The van der Waals surface area contributed by atoms with E-state index in [0.29, 0.717) is 18.0 Å². The first-order valence-electron chi connectivity index (χ1n) is 4.71. The molecule has 0 saturated carbocycles. The highest BCUT2D eigenvalue weighted by Crippen LogP contribution is 2.24. The topological polar surface area (TPSA) is 49.4 Å². The van der Waals surface area contributed by atoms with Crippen LogP contribution in [0.3, 0.4) is 0 Å². The summed E-state index contributed by atoms with van der Waals surface area (Å²) >= 11 is 1.46. The lowest BCUT2D eigenvalue weighted by Crippen LogP contribution is -2.27. The molecule has 0 saturated heterocycles.